The summed E-state index contributed by atoms with van der Waals surface area (Å²) in [4.78, 5) is 10.8. The summed E-state index contributed by atoms with van der Waals surface area (Å²) in [5.41, 5.74) is 6.21. The molecule has 4 nitrogen and oxygen atoms in total. The van der Waals surface area contributed by atoms with Crippen LogP contribution < -0.4 is 5.73 Å². The van der Waals surface area contributed by atoms with Gasteiger partial charge in [-0.2, -0.15) is 5.26 Å². The summed E-state index contributed by atoms with van der Waals surface area (Å²) in [7, 11) is 0. The minimum Gasteiger partial charge on any atom is -0.481 e. The summed E-state index contributed by atoms with van der Waals surface area (Å²) in [5.74, 6) is -0.956. The molecule has 0 aliphatic heterocycles. The van der Waals surface area contributed by atoms with Gasteiger partial charge in [-0.15, -0.1) is 11.3 Å². The Balaban J connectivity index is 2.83. The van der Waals surface area contributed by atoms with Gasteiger partial charge in [0.1, 0.15) is 10.9 Å². The van der Waals surface area contributed by atoms with E-state index >= 15 is 0 Å². The first-order valence-electron chi connectivity index (χ1n) is 3.60. The number of nitriles is 1. The Morgan fingerprint density at radius 2 is 2.54 bits per heavy atom. The average molecular weight is 196 g/mol. The van der Waals surface area contributed by atoms with E-state index in [-0.39, 0.29) is 6.42 Å². The summed E-state index contributed by atoms with van der Waals surface area (Å²) >= 11 is 1.27. The van der Waals surface area contributed by atoms with Gasteiger partial charge in [-0.25, -0.2) is 0 Å². The molecule has 0 bridgehead atoms. The molecule has 1 aromatic heterocycles. The van der Waals surface area contributed by atoms with Crippen LogP contribution in [0.15, 0.2) is 11.4 Å². The molecular weight excluding hydrogens is 188 g/mol. The number of hydrogen-bond acceptors (Lipinski definition) is 4. The predicted molar refractivity (Wildman–Crippen MR) is 48.2 cm³/mol. The highest BCUT2D eigenvalue weighted by Gasteiger charge is 2.14. The molecule has 0 aliphatic carbocycles. The highest BCUT2D eigenvalue weighted by Crippen LogP contribution is 2.23. The molecule has 5 heteroatoms. The quantitative estimate of drug-likeness (QED) is 0.757. The lowest BCUT2D eigenvalue weighted by atomic mass is 10.1. The predicted octanol–water partition coefficient (Wildman–Crippen LogP) is 1.09. The first kappa shape index (κ1) is 9.71. The lowest BCUT2D eigenvalue weighted by Gasteiger charge is -2.06. The molecule has 0 unspecified atom stereocenters. The number of carboxylic acid groups (broad SMARTS) is 1. The molecule has 0 saturated carbocycles. The third-order valence-electron chi connectivity index (χ3n) is 1.59. The van der Waals surface area contributed by atoms with Crippen molar-refractivity contribution in [3.8, 4) is 6.07 Å². The molecule has 0 fully saturated rings. The monoisotopic (exact) mass is 196 g/mol. The van der Waals surface area contributed by atoms with Gasteiger partial charge in [0, 0.05) is 6.04 Å². The van der Waals surface area contributed by atoms with E-state index in [1.165, 1.54) is 11.3 Å². The molecule has 3 N–H and O–H groups in total. The van der Waals surface area contributed by atoms with Crippen molar-refractivity contribution in [1.82, 2.24) is 0 Å². The van der Waals surface area contributed by atoms with Gasteiger partial charge in [0.05, 0.1) is 6.42 Å². The van der Waals surface area contributed by atoms with Crippen LogP contribution in [0.3, 0.4) is 0 Å². The van der Waals surface area contributed by atoms with Crippen LogP contribution >= 0.6 is 11.3 Å². The molecule has 1 heterocycles. The third-order valence-corrected chi connectivity index (χ3v) is 2.43. The normalized spacial score (nSPS) is 12.0. The number of nitrogens with zero attached hydrogens (tertiary/aromatic N) is 1. The summed E-state index contributed by atoms with van der Waals surface area (Å²) in [6, 6.07) is 3.08. The van der Waals surface area contributed by atoms with Crippen LogP contribution in [-0.4, -0.2) is 11.1 Å². The molecule has 0 radical (unpaired) electrons. The van der Waals surface area contributed by atoms with Crippen molar-refractivity contribution < 1.29 is 9.90 Å². The number of carboxylic acids is 1. The van der Waals surface area contributed by atoms with Gasteiger partial charge in [-0.05, 0) is 17.0 Å². The van der Waals surface area contributed by atoms with E-state index in [2.05, 4.69) is 0 Å². The minimum atomic E-state index is -0.956. The van der Waals surface area contributed by atoms with Crippen LogP contribution in [0.5, 0.6) is 0 Å². The zero-order valence-corrected chi connectivity index (χ0v) is 7.54. The van der Waals surface area contributed by atoms with Crippen molar-refractivity contribution in [3.63, 3.8) is 0 Å². The van der Waals surface area contributed by atoms with Crippen molar-refractivity contribution in [1.29, 1.82) is 5.26 Å². The Morgan fingerprint density at radius 1 is 1.85 bits per heavy atom. The van der Waals surface area contributed by atoms with Crippen LogP contribution in [0.1, 0.15) is 22.9 Å². The fourth-order valence-electron chi connectivity index (χ4n) is 1.00. The van der Waals surface area contributed by atoms with Crippen LogP contribution in [-0.2, 0) is 4.79 Å². The summed E-state index contributed by atoms with van der Waals surface area (Å²) < 4.78 is 0. The fraction of sp³-hybridized carbons (Fsp3) is 0.250. The second kappa shape index (κ2) is 4.03. The first-order chi connectivity index (χ1) is 6.15. The fourth-order valence-corrected chi connectivity index (χ4v) is 1.76. The highest BCUT2D eigenvalue weighted by atomic mass is 32.1. The third kappa shape index (κ3) is 2.28. The first-order valence-corrected chi connectivity index (χ1v) is 4.48. The van der Waals surface area contributed by atoms with Crippen molar-refractivity contribution in [2.45, 2.75) is 12.5 Å². The summed E-state index contributed by atoms with van der Waals surface area (Å²) in [6.45, 7) is 0. The Morgan fingerprint density at radius 3 is 3.08 bits per heavy atom. The smallest absolute Gasteiger partial charge is 0.305 e. The average Bonchev–Trinajstić information content (AvgIpc) is 2.49. The highest BCUT2D eigenvalue weighted by molar-refractivity contribution is 7.10. The maximum atomic E-state index is 10.3. The van der Waals surface area contributed by atoms with Crippen LogP contribution in [0.4, 0.5) is 0 Å². The van der Waals surface area contributed by atoms with Crippen molar-refractivity contribution in [2.24, 2.45) is 5.73 Å². The van der Waals surface area contributed by atoms with Crippen molar-refractivity contribution in [2.75, 3.05) is 0 Å². The number of thiophene rings is 1. The van der Waals surface area contributed by atoms with Gasteiger partial charge in [0.15, 0.2) is 0 Å². The van der Waals surface area contributed by atoms with Crippen LogP contribution in [0.25, 0.3) is 0 Å². The number of nitrogens with two attached hydrogens (primary N) is 1. The van der Waals surface area contributed by atoms with Crippen LogP contribution in [0, 0.1) is 11.3 Å². The number of aliphatic carboxylic acids is 1. The zero-order valence-electron chi connectivity index (χ0n) is 6.73. The van der Waals surface area contributed by atoms with Gasteiger partial charge >= 0.3 is 5.97 Å². The Labute approximate surface area is 79.2 Å². The summed E-state index contributed by atoms with van der Waals surface area (Å²) in [6.07, 6.45) is -0.147. The topological polar surface area (TPSA) is 87.1 Å². The maximum absolute atomic E-state index is 10.3. The standard InChI is InChI=1S/C8H8N2O2S/c9-4-7-5(1-2-13-7)6(10)3-8(11)12/h1-2,6H,3,10H2,(H,11,12)/t6-/m0/s1. The number of hydrogen-bond donors (Lipinski definition) is 2. The van der Waals surface area contributed by atoms with E-state index in [0.29, 0.717) is 10.4 Å². The Hall–Kier alpha value is -1.38. The van der Waals surface area contributed by atoms with Gasteiger partial charge in [-0.1, -0.05) is 0 Å². The molecule has 1 rings (SSSR count). The SMILES string of the molecule is N#Cc1sccc1[C@@H](N)CC(=O)O. The van der Waals surface area contributed by atoms with Gasteiger partial charge in [0.25, 0.3) is 0 Å². The molecule has 0 aliphatic rings. The molecule has 13 heavy (non-hydrogen) atoms. The molecular formula is C8H8N2O2S. The van der Waals surface area contributed by atoms with Gasteiger partial charge < -0.3 is 10.8 Å². The van der Waals surface area contributed by atoms with Gasteiger partial charge in [0.2, 0.25) is 0 Å². The molecule has 0 aromatic carbocycles. The largest absolute Gasteiger partial charge is 0.481 e. The van der Waals surface area contributed by atoms with E-state index in [1.807, 2.05) is 6.07 Å². The second-order valence-electron chi connectivity index (χ2n) is 2.52. The lowest BCUT2D eigenvalue weighted by molar-refractivity contribution is -0.137. The molecule has 0 amide bonds. The van der Waals surface area contributed by atoms with E-state index < -0.39 is 12.0 Å². The Bertz CT molecular complexity index is 353. The minimum absolute atomic E-state index is 0.147. The van der Waals surface area contributed by atoms with E-state index in [4.69, 9.17) is 16.1 Å². The molecule has 1 atom stereocenters. The second-order valence-corrected chi connectivity index (χ2v) is 3.44. The molecule has 0 spiro atoms. The van der Waals surface area contributed by atoms with E-state index in [0.717, 1.165) is 0 Å². The molecule has 0 saturated heterocycles. The molecule has 1 aromatic rings. The van der Waals surface area contributed by atoms with Gasteiger partial charge in [-0.3, -0.25) is 4.79 Å². The van der Waals surface area contributed by atoms with Crippen molar-refractivity contribution in [3.05, 3.63) is 21.9 Å². The maximum Gasteiger partial charge on any atom is 0.305 e. The summed E-state index contributed by atoms with van der Waals surface area (Å²) in [5, 5.41) is 18.9. The van der Waals surface area contributed by atoms with E-state index in [9.17, 15) is 4.79 Å². The van der Waals surface area contributed by atoms with Crippen molar-refractivity contribution >= 4 is 17.3 Å². The van der Waals surface area contributed by atoms with Crippen LogP contribution in [0.2, 0.25) is 0 Å². The Kier molecular flexibility index (Phi) is 3.01. The zero-order chi connectivity index (χ0) is 9.84. The number of carbonyl (C=O) groups is 1. The molecule has 68 valence electrons. The number of rotatable bonds is 3. The lowest BCUT2D eigenvalue weighted by Crippen LogP contribution is -2.15. The van der Waals surface area contributed by atoms with E-state index in [1.54, 1.807) is 11.4 Å².